The van der Waals surface area contributed by atoms with Crippen molar-refractivity contribution in [2.45, 2.75) is 410 Å². The number of hydrogen-bond acceptors (Lipinski definition) is 14. The summed E-state index contributed by atoms with van der Waals surface area (Å²) in [4.78, 5) is 38.0. The first-order valence-corrected chi connectivity index (χ1v) is 41.0. The van der Waals surface area contributed by atoms with Gasteiger partial charge < -0.3 is 82.2 Å². The van der Waals surface area contributed by atoms with Gasteiger partial charge in [-0.15, -0.1) is 0 Å². The maximum Gasteiger partial charge on any atom is 0.265 e. The number of unbranched alkanes of at least 4 members (excludes halogenated alkanes) is 46. The molecule has 20 heteroatoms. The highest BCUT2D eigenvalue weighted by molar-refractivity contribution is 7.45. The Labute approximate surface area is 565 Å². The van der Waals surface area contributed by atoms with Gasteiger partial charge in [-0.2, -0.15) is 0 Å². The Kier molecular flexibility index (Phi) is 80.8. The second-order valence-corrected chi connectivity index (χ2v) is 28.8. The molecule has 18 nitrogen and oxygen atoms in total. The topological polar surface area (TPSA) is 368 Å². The Bertz CT molecular complexity index is 1590. The minimum Gasteiger partial charge on any atom is -0.756 e. The Balaban J connectivity index is -0.000000563. The van der Waals surface area contributed by atoms with E-state index in [4.69, 9.17) is 31.5 Å². The fourth-order valence-electron chi connectivity index (χ4n) is 10.6. The normalized spacial score (nSPS) is 15.7. The van der Waals surface area contributed by atoms with E-state index in [0.717, 1.165) is 44.9 Å². The van der Waals surface area contributed by atoms with Crippen LogP contribution in [0.4, 0.5) is 0 Å². The highest BCUT2D eigenvalue weighted by atomic mass is 31.2. The summed E-state index contributed by atoms with van der Waals surface area (Å²) >= 11 is 0. The van der Waals surface area contributed by atoms with Crippen molar-refractivity contribution in [3.05, 3.63) is 24.3 Å². The van der Waals surface area contributed by atoms with E-state index in [-0.39, 0.29) is 26.4 Å². The molecule has 0 bridgehead atoms. The third kappa shape index (κ3) is 83.5. The average Bonchev–Trinajstić information content (AvgIpc) is 2.97. The minimum atomic E-state index is -4.74. The van der Waals surface area contributed by atoms with Crippen LogP contribution in [0.3, 0.4) is 0 Å². The van der Waals surface area contributed by atoms with Crippen molar-refractivity contribution in [3.63, 3.8) is 0 Å². The minimum absolute atomic E-state index is 0.125. The molecule has 0 spiro atoms. The molecule has 18 N–H and O–H groups in total. The van der Waals surface area contributed by atoms with Crippen LogP contribution in [-0.4, -0.2) is 115 Å². The monoisotopic (exact) mass is 1360 g/mol. The molecular weight excluding hydrogens is 1210 g/mol. The zero-order valence-electron chi connectivity index (χ0n) is 60.0. The Morgan fingerprint density at radius 1 is 0.359 bits per heavy atom. The number of quaternary nitrogens is 2. The molecule has 0 aromatic rings. The third-order valence-corrected chi connectivity index (χ3v) is 18.1. The van der Waals surface area contributed by atoms with Gasteiger partial charge in [-0.25, -0.2) is 0 Å². The number of phosphoric ester groups is 2. The van der Waals surface area contributed by atoms with E-state index in [2.05, 4.69) is 48.2 Å². The lowest BCUT2D eigenvalue weighted by atomic mass is 10.0. The number of aliphatic hydroxyl groups is 6. The molecule has 10 atom stereocenters. The van der Waals surface area contributed by atoms with Gasteiger partial charge in [0.15, 0.2) is 0 Å². The summed E-state index contributed by atoms with van der Waals surface area (Å²) in [5.41, 5.74) is 18.4. The zero-order chi connectivity index (χ0) is 69.5. The summed E-state index contributed by atoms with van der Waals surface area (Å²) in [6, 6.07) is -2.21. The second-order valence-electron chi connectivity index (χ2n) is 26.4. The summed E-state index contributed by atoms with van der Waals surface area (Å²) < 4.78 is 29.5. The van der Waals surface area contributed by atoms with E-state index in [1.54, 1.807) is 12.2 Å². The van der Waals surface area contributed by atoms with Gasteiger partial charge in [-0.3, -0.25) is 9.13 Å². The highest BCUT2D eigenvalue weighted by Crippen LogP contribution is 2.31. The van der Waals surface area contributed by atoms with Gasteiger partial charge in [0.2, 0.25) is 0 Å². The number of hydrogen-bond donors (Lipinski definition) is 12. The summed E-state index contributed by atoms with van der Waals surface area (Å²) in [6.45, 7) is 8.10. The van der Waals surface area contributed by atoms with E-state index in [1.807, 2.05) is 12.2 Å². The maximum atomic E-state index is 10.5. The largest absolute Gasteiger partial charge is 0.756 e. The molecule has 0 aliphatic rings. The van der Waals surface area contributed by atoms with Gasteiger partial charge in [0, 0.05) is 0 Å². The van der Waals surface area contributed by atoms with Gasteiger partial charge in [0.25, 0.3) is 15.6 Å². The molecule has 0 aliphatic carbocycles. The Morgan fingerprint density at radius 2 is 0.587 bits per heavy atom. The van der Waals surface area contributed by atoms with E-state index >= 15 is 0 Å². The van der Waals surface area contributed by atoms with Crippen LogP contribution in [0.1, 0.15) is 362 Å². The zero-order valence-corrected chi connectivity index (χ0v) is 61.8. The number of allylic oxidation sites excluding steroid dienone is 2. The number of rotatable bonds is 66. The first-order chi connectivity index (χ1) is 44.2. The van der Waals surface area contributed by atoms with Crippen LogP contribution in [0, 0.1) is 0 Å². The van der Waals surface area contributed by atoms with Gasteiger partial charge in [-0.05, 0) is 38.5 Å². The van der Waals surface area contributed by atoms with Crippen LogP contribution in [0.25, 0.3) is 0 Å². The maximum absolute atomic E-state index is 10.5. The molecule has 0 rings (SSSR count). The standard InChI is InChI=1S/C18H40NO5P.C18H38NO5P.C18H39NO2.C18H37NO2/c2*1-2-3-4-5-6-7-8-9-10-11-12-13-14-15-18(20)17(19)16-24-25(21,22)23;2*1-2-3-4-5-6-7-8-9-10-11-12-13-14-15-18(21)17(19)16-20/h17-18,20H,2-16,19H2,1H3,(H2,21,22,23);14-15,17-18,20H,2-13,16,19H2,1H3,(H2,21,22,23);17-18,20-21H,2-16,19H2,1H3;14-15,17-18,20-21H,2-13,16,19H2,1H3/b;15-14+;;15-14+/t4*17-,18+/m0000/s1. The van der Waals surface area contributed by atoms with Crippen LogP contribution in [0.5, 0.6) is 0 Å². The van der Waals surface area contributed by atoms with E-state index in [1.165, 1.54) is 283 Å². The van der Waals surface area contributed by atoms with Crippen molar-refractivity contribution in [2.75, 3.05) is 26.4 Å². The molecule has 92 heavy (non-hydrogen) atoms. The molecule has 0 aromatic heterocycles. The predicted octanol–water partition coefficient (Wildman–Crippen LogP) is 13.7. The fraction of sp³-hybridized carbons (Fsp3) is 0.944. The first-order valence-electron chi connectivity index (χ1n) is 38.0. The molecule has 0 aliphatic heterocycles. The van der Waals surface area contributed by atoms with Crippen LogP contribution < -0.4 is 32.7 Å². The quantitative estimate of drug-likeness (QED) is 0.0153. The number of phosphoric acid groups is 2. The summed E-state index contributed by atoms with van der Waals surface area (Å²) in [6.07, 6.45) is 70.6. The molecule has 0 fully saturated rings. The number of aliphatic hydroxyl groups excluding tert-OH is 6. The smallest absolute Gasteiger partial charge is 0.265 e. The summed E-state index contributed by atoms with van der Waals surface area (Å²) in [5, 5.41) is 56.4. The molecule has 0 aromatic carbocycles. The first kappa shape index (κ1) is 97.7. The molecule has 0 saturated carbocycles. The van der Waals surface area contributed by atoms with Crippen LogP contribution in [0.2, 0.25) is 0 Å². The third-order valence-electron chi connectivity index (χ3n) is 17.1. The van der Waals surface area contributed by atoms with Crippen LogP contribution >= 0.6 is 15.6 Å². The van der Waals surface area contributed by atoms with Gasteiger partial charge in [0.05, 0.1) is 37.5 Å². The summed E-state index contributed by atoms with van der Waals surface area (Å²) in [5.74, 6) is 0. The highest BCUT2D eigenvalue weighted by Gasteiger charge is 2.21. The number of nitrogens with two attached hydrogens (primary N) is 2. The predicted molar refractivity (Wildman–Crippen MR) is 380 cm³/mol. The van der Waals surface area contributed by atoms with Crippen molar-refractivity contribution in [1.82, 2.24) is 0 Å². The SMILES string of the molecule is CCCCCCCCCCCCC/C=C/[C@@H](O)[C@@H](N)CO.CCCCCCCCCCCCC/C=C/[C@@H](O)[C@@H]([NH3+])COP(=O)([O-])O.CCCCCCCCCCCCCCC[C@@H](O)[C@@H](N)CO.CCCCCCCCCCCCCCC[C@@H](O)[C@@H]([NH3+])COP(=O)([O-])O. The Morgan fingerprint density at radius 3 is 0.848 bits per heavy atom. The second kappa shape index (κ2) is 76.1. The molecule has 0 amide bonds. The Hall–Kier alpha value is -0.700. The van der Waals surface area contributed by atoms with Crippen molar-refractivity contribution in [3.8, 4) is 0 Å². The molecular formula is C72H154N4O14P2. The summed E-state index contributed by atoms with van der Waals surface area (Å²) in [7, 11) is -9.47. The van der Waals surface area contributed by atoms with Crippen LogP contribution in [0.15, 0.2) is 24.3 Å². The van der Waals surface area contributed by atoms with Crippen molar-refractivity contribution in [2.24, 2.45) is 11.5 Å². The lowest BCUT2D eigenvalue weighted by molar-refractivity contribution is -0.443. The molecule has 2 unspecified atom stereocenters. The van der Waals surface area contributed by atoms with Gasteiger partial charge >= 0.3 is 0 Å². The van der Waals surface area contributed by atoms with Gasteiger partial charge in [0.1, 0.15) is 37.5 Å². The van der Waals surface area contributed by atoms with E-state index in [0.29, 0.717) is 6.42 Å². The average molecular weight is 1360 g/mol. The van der Waals surface area contributed by atoms with Crippen molar-refractivity contribution < 1.29 is 79.9 Å². The van der Waals surface area contributed by atoms with E-state index in [9.17, 15) is 39.3 Å². The molecule has 556 valence electrons. The molecule has 0 saturated heterocycles. The van der Waals surface area contributed by atoms with Gasteiger partial charge in [-0.1, -0.05) is 347 Å². The van der Waals surface area contributed by atoms with E-state index < -0.39 is 64.2 Å². The molecule has 0 radical (unpaired) electrons. The lowest BCUT2D eigenvalue weighted by Crippen LogP contribution is -2.68. The van der Waals surface area contributed by atoms with Crippen molar-refractivity contribution >= 4 is 15.6 Å². The fourth-order valence-corrected chi connectivity index (χ4v) is 11.4. The lowest BCUT2D eigenvalue weighted by Gasteiger charge is -2.20. The van der Waals surface area contributed by atoms with Crippen molar-refractivity contribution in [1.29, 1.82) is 0 Å². The van der Waals surface area contributed by atoms with Crippen LogP contribution in [-0.2, 0) is 18.2 Å². The molecule has 0 heterocycles.